The van der Waals surface area contributed by atoms with Crippen molar-refractivity contribution in [3.05, 3.63) is 18.2 Å². The highest BCUT2D eigenvalue weighted by Gasteiger charge is 2.22. The van der Waals surface area contributed by atoms with Crippen LogP contribution in [0, 0.1) is 5.92 Å². The lowest BCUT2D eigenvalue weighted by atomic mass is 10.1. The molecule has 1 aromatic carbocycles. The molecule has 6 heteroatoms. The summed E-state index contributed by atoms with van der Waals surface area (Å²) in [5.41, 5.74) is 7.01. The van der Waals surface area contributed by atoms with E-state index in [-0.39, 0.29) is 16.0 Å². The van der Waals surface area contributed by atoms with E-state index in [4.69, 9.17) is 5.73 Å². The SMILES string of the molecule is CCCC(C)CS(=O)(=O)c1nc2ccc(N)cc2s1. The largest absolute Gasteiger partial charge is 0.399 e. The van der Waals surface area contributed by atoms with Crippen LogP contribution in [0.5, 0.6) is 0 Å². The molecule has 0 spiro atoms. The number of hydrogen-bond acceptors (Lipinski definition) is 5. The maximum Gasteiger partial charge on any atom is 0.210 e. The van der Waals surface area contributed by atoms with Crippen molar-refractivity contribution in [3.8, 4) is 0 Å². The molecule has 1 heterocycles. The van der Waals surface area contributed by atoms with Gasteiger partial charge in [-0.1, -0.05) is 20.3 Å². The van der Waals surface area contributed by atoms with Gasteiger partial charge in [0.15, 0.2) is 0 Å². The standard InChI is InChI=1S/C13H18N2O2S2/c1-3-4-9(2)8-19(16,17)13-15-11-6-5-10(14)7-12(11)18-13/h5-7,9H,3-4,8,14H2,1-2H3. The van der Waals surface area contributed by atoms with Crippen molar-refractivity contribution in [3.63, 3.8) is 0 Å². The minimum Gasteiger partial charge on any atom is -0.399 e. The zero-order valence-electron chi connectivity index (χ0n) is 11.1. The third-order valence-corrected chi connectivity index (χ3v) is 6.40. The minimum atomic E-state index is -3.29. The Morgan fingerprint density at radius 2 is 2.16 bits per heavy atom. The molecule has 0 bridgehead atoms. The molecule has 1 unspecified atom stereocenters. The van der Waals surface area contributed by atoms with Gasteiger partial charge in [0.2, 0.25) is 14.2 Å². The predicted octanol–water partition coefficient (Wildman–Crippen LogP) is 3.09. The molecule has 19 heavy (non-hydrogen) atoms. The highest BCUT2D eigenvalue weighted by atomic mass is 32.2. The first kappa shape index (κ1) is 14.3. The lowest BCUT2D eigenvalue weighted by molar-refractivity contribution is 0.545. The molecule has 2 N–H and O–H groups in total. The van der Waals surface area contributed by atoms with E-state index in [0.717, 1.165) is 17.5 Å². The Kier molecular flexibility index (Phi) is 4.10. The zero-order chi connectivity index (χ0) is 14.0. The van der Waals surface area contributed by atoms with Gasteiger partial charge in [0.1, 0.15) is 0 Å². The fraction of sp³-hybridized carbons (Fsp3) is 0.462. The molecule has 0 radical (unpaired) electrons. The number of thiazole rings is 1. The highest BCUT2D eigenvalue weighted by molar-refractivity contribution is 7.93. The molecule has 4 nitrogen and oxygen atoms in total. The van der Waals surface area contributed by atoms with Crippen LogP contribution in [0.2, 0.25) is 0 Å². The second kappa shape index (κ2) is 5.46. The fourth-order valence-electron chi connectivity index (χ4n) is 2.08. The quantitative estimate of drug-likeness (QED) is 0.861. The molecule has 2 aromatic rings. The van der Waals surface area contributed by atoms with Crippen LogP contribution in [0.1, 0.15) is 26.7 Å². The maximum absolute atomic E-state index is 12.3. The van der Waals surface area contributed by atoms with Crippen LogP contribution in [0.25, 0.3) is 10.2 Å². The Labute approximate surface area is 117 Å². The summed E-state index contributed by atoms with van der Waals surface area (Å²) in [7, 11) is -3.29. The second-order valence-corrected chi connectivity index (χ2v) is 8.12. The van der Waals surface area contributed by atoms with Gasteiger partial charge in [0.05, 0.1) is 16.0 Å². The molecule has 1 atom stereocenters. The van der Waals surface area contributed by atoms with Gasteiger partial charge in [-0.25, -0.2) is 13.4 Å². The van der Waals surface area contributed by atoms with Gasteiger partial charge in [-0.15, -0.1) is 11.3 Å². The third kappa shape index (κ3) is 3.25. The van der Waals surface area contributed by atoms with Gasteiger partial charge in [-0.3, -0.25) is 0 Å². The van der Waals surface area contributed by atoms with E-state index in [2.05, 4.69) is 11.9 Å². The Balaban J connectivity index is 2.32. The van der Waals surface area contributed by atoms with E-state index in [1.54, 1.807) is 18.2 Å². The number of anilines is 1. The first-order valence-electron chi connectivity index (χ1n) is 6.31. The smallest absolute Gasteiger partial charge is 0.210 e. The van der Waals surface area contributed by atoms with E-state index in [9.17, 15) is 8.42 Å². The first-order chi connectivity index (χ1) is 8.92. The summed E-state index contributed by atoms with van der Waals surface area (Å²) in [6, 6.07) is 5.26. The van der Waals surface area contributed by atoms with Crippen LogP contribution in [0.3, 0.4) is 0 Å². The third-order valence-electron chi connectivity index (χ3n) is 2.94. The van der Waals surface area contributed by atoms with E-state index in [1.807, 2.05) is 6.92 Å². The summed E-state index contributed by atoms with van der Waals surface area (Å²) in [6.45, 7) is 4.02. The van der Waals surface area contributed by atoms with Crippen molar-refractivity contribution >= 4 is 37.1 Å². The lowest BCUT2D eigenvalue weighted by Gasteiger charge is -2.08. The Morgan fingerprint density at radius 3 is 2.84 bits per heavy atom. The number of fused-ring (bicyclic) bond motifs is 1. The number of nitrogens with two attached hydrogens (primary N) is 1. The van der Waals surface area contributed by atoms with Crippen molar-refractivity contribution in [2.24, 2.45) is 5.92 Å². The number of nitrogens with zero attached hydrogens (tertiary/aromatic N) is 1. The summed E-state index contributed by atoms with van der Waals surface area (Å²) in [6.07, 6.45) is 1.91. The average Bonchev–Trinajstić information content (AvgIpc) is 2.72. The number of hydrogen-bond donors (Lipinski definition) is 1. The molecule has 0 amide bonds. The van der Waals surface area contributed by atoms with Crippen LogP contribution in [0.15, 0.2) is 22.5 Å². The fourth-order valence-corrected chi connectivity index (χ4v) is 5.10. The zero-order valence-corrected chi connectivity index (χ0v) is 12.7. The second-order valence-electron chi connectivity index (χ2n) is 4.88. The molecule has 0 saturated carbocycles. The molecule has 2 rings (SSSR count). The predicted molar refractivity (Wildman–Crippen MR) is 80.2 cm³/mol. The number of aromatic nitrogens is 1. The topological polar surface area (TPSA) is 73.0 Å². The molecule has 0 aliphatic heterocycles. The summed E-state index contributed by atoms with van der Waals surface area (Å²) in [5.74, 6) is 0.322. The van der Waals surface area contributed by atoms with Crippen molar-refractivity contribution in [2.75, 3.05) is 11.5 Å². The van der Waals surface area contributed by atoms with Crippen LogP contribution >= 0.6 is 11.3 Å². The van der Waals surface area contributed by atoms with Gasteiger partial charge in [-0.2, -0.15) is 0 Å². The van der Waals surface area contributed by atoms with Crippen molar-refractivity contribution in [1.82, 2.24) is 4.98 Å². The molecule has 0 saturated heterocycles. The number of nitrogen functional groups attached to an aromatic ring is 1. The number of rotatable bonds is 5. The van der Waals surface area contributed by atoms with E-state index >= 15 is 0 Å². The number of sulfone groups is 1. The average molecular weight is 298 g/mol. The summed E-state index contributed by atoms with van der Waals surface area (Å²) in [4.78, 5) is 4.21. The molecule has 0 fully saturated rings. The summed E-state index contributed by atoms with van der Waals surface area (Å²) in [5, 5.41) is 0. The Morgan fingerprint density at radius 1 is 1.42 bits per heavy atom. The van der Waals surface area contributed by atoms with Crippen molar-refractivity contribution < 1.29 is 8.42 Å². The van der Waals surface area contributed by atoms with Crippen LogP contribution in [0.4, 0.5) is 5.69 Å². The van der Waals surface area contributed by atoms with Gasteiger partial charge < -0.3 is 5.73 Å². The molecular formula is C13H18N2O2S2. The van der Waals surface area contributed by atoms with Gasteiger partial charge in [-0.05, 0) is 30.5 Å². The Bertz CT molecular complexity index is 677. The lowest BCUT2D eigenvalue weighted by Crippen LogP contribution is -2.13. The molecular weight excluding hydrogens is 280 g/mol. The number of benzene rings is 1. The molecule has 1 aromatic heterocycles. The highest BCUT2D eigenvalue weighted by Crippen LogP contribution is 2.28. The molecule has 0 aliphatic rings. The Hall–Kier alpha value is -1.14. The minimum absolute atomic E-state index is 0.159. The maximum atomic E-state index is 12.3. The van der Waals surface area contributed by atoms with Crippen LogP contribution < -0.4 is 5.73 Å². The van der Waals surface area contributed by atoms with Gasteiger partial charge in [0.25, 0.3) is 0 Å². The monoisotopic (exact) mass is 298 g/mol. The van der Waals surface area contributed by atoms with Gasteiger partial charge in [0, 0.05) is 5.69 Å². The first-order valence-corrected chi connectivity index (χ1v) is 8.78. The summed E-state index contributed by atoms with van der Waals surface area (Å²) < 4.78 is 25.6. The van der Waals surface area contributed by atoms with E-state index in [0.29, 0.717) is 11.2 Å². The normalized spacial score (nSPS) is 13.8. The van der Waals surface area contributed by atoms with E-state index in [1.165, 1.54) is 11.3 Å². The van der Waals surface area contributed by atoms with Crippen LogP contribution in [-0.4, -0.2) is 19.2 Å². The van der Waals surface area contributed by atoms with Crippen molar-refractivity contribution in [2.45, 2.75) is 31.0 Å². The molecule has 104 valence electrons. The molecule has 0 aliphatic carbocycles. The van der Waals surface area contributed by atoms with E-state index < -0.39 is 9.84 Å². The van der Waals surface area contributed by atoms with Gasteiger partial charge >= 0.3 is 0 Å². The van der Waals surface area contributed by atoms with Crippen molar-refractivity contribution in [1.29, 1.82) is 0 Å². The summed E-state index contributed by atoms with van der Waals surface area (Å²) >= 11 is 1.20. The van der Waals surface area contributed by atoms with Crippen LogP contribution in [-0.2, 0) is 9.84 Å².